The summed E-state index contributed by atoms with van der Waals surface area (Å²) in [6.45, 7) is 5.99. The number of carboxylic acid groups (broad SMARTS) is 2. The lowest BCUT2D eigenvalue weighted by Gasteiger charge is -2.31. The Hall–Kier alpha value is -8.43. The van der Waals surface area contributed by atoms with Gasteiger partial charge in [-0.3, -0.25) is 69.2 Å². The van der Waals surface area contributed by atoms with E-state index in [4.69, 9.17) is 26.8 Å². The topological polar surface area (TPSA) is 502 Å². The van der Waals surface area contributed by atoms with Crippen LogP contribution in [0.1, 0.15) is 129 Å². The normalized spacial score (nSPS) is 25.4. The van der Waals surface area contributed by atoms with Crippen molar-refractivity contribution in [2.75, 3.05) is 44.4 Å². The van der Waals surface area contributed by atoms with E-state index in [1.165, 1.54) is 49.2 Å². The molecular weight excluding hydrogens is 1240 g/mol. The molecule has 11 amide bonds. The number of amides is 11. The molecule has 0 aliphatic carbocycles. The van der Waals surface area contributed by atoms with Gasteiger partial charge in [-0.1, -0.05) is 44.8 Å². The molecule has 16 N–H and O–H groups in total. The van der Waals surface area contributed by atoms with Crippen molar-refractivity contribution in [3.8, 4) is 5.75 Å². The number of carbonyl (C=O) groups excluding carboxylic acids is 13. The number of guanidine groups is 1. The number of oxime groups is 1. The highest BCUT2D eigenvalue weighted by atomic mass is 32.2. The molecule has 0 radical (unpaired) electrons. The lowest BCUT2D eigenvalue weighted by Crippen LogP contribution is -2.78. The van der Waals surface area contributed by atoms with Gasteiger partial charge in [-0.15, -0.1) is 0 Å². The number of fused-ring (bicyclic) bond motifs is 6. The van der Waals surface area contributed by atoms with Crippen LogP contribution in [-0.2, 0) is 78.7 Å². The Kier molecular flexibility index (Phi) is 32.8. The van der Waals surface area contributed by atoms with Crippen LogP contribution in [0.4, 0.5) is 0 Å². The summed E-state index contributed by atoms with van der Waals surface area (Å²) in [6.07, 6.45) is 2.80. The number of hydrogen-bond donors (Lipinski definition) is 13. The summed E-state index contributed by atoms with van der Waals surface area (Å²) >= 11 is 2.42. The minimum Gasteiger partial charge on any atom is -0.550 e. The van der Waals surface area contributed by atoms with E-state index in [1.54, 1.807) is 12.1 Å². The van der Waals surface area contributed by atoms with Crippen LogP contribution in [0.2, 0.25) is 0 Å². The first kappa shape index (κ1) is 76.0. The predicted molar refractivity (Wildman–Crippen MR) is 332 cm³/mol. The van der Waals surface area contributed by atoms with Gasteiger partial charge < -0.3 is 87.9 Å². The monoisotopic (exact) mass is 1330 g/mol. The number of carbonyl (C=O) groups is 13. The average molecular weight is 1330 g/mol. The molecule has 510 valence electrons. The lowest BCUT2D eigenvalue weighted by atomic mass is 10.0. The van der Waals surface area contributed by atoms with E-state index < -0.39 is 163 Å². The molecular formula is C58H88N15O17S2-. The number of thioether (sulfide) groups is 2. The number of nitrogens with one attached hydrogen (secondary N) is 10. The second-order valence-electron chi connectivity index (χ2n) is 22.7. The molecule has 9 atom stereocenters. The van der Waals surface area contributed by atoms with Crippen LogP contribution < -0.4 is 85.0 Å². The molecule has 0 unspecified atom stereocenters. The quantitative estimate of drug-likeness (QED) is 0.0468. The number of primary amides is 1. The summed E-state index contributed by atoms with van der Waals surface area (Å²) in [4.78, 5) is 185. The van der Waals surface area contributed by atoms with E-state index >= 15 is 4.79 Å². The number of benzene rings is 1. The Morgan fingerprint density at radius 2 is 1.30 bits per heavy atom. The van der Waals surface area contributed by atoms with E-state index in [0.717, 1.165) is 19.1 Å². The number of nitrogens with two attached hydrogens (primary N) is 3. The first-order valence-corrected chi connectivity index (χ1v) is 32.9. The molecule has 1 aromatic carbocycles. The second kappa shape index (κ2) is 39.7. The highest BCUT2D eigenvalue weighted by molar-refractivity contribution is 7.98. The Morgan fingerprint density at radius 1 is 0.685 bits per heavy atom. The van der Waals surface area contributed by atoms with Gasteiger partial charge >= 0.3 is 5.96 Å². The third kappa shape index (κ3) is 27.2. The van der Waals surface area contributed by atoms with Crippen LogP contribution in [0, 0.1) is 5.92 Å². The van der Waals surface area contributed by atoms with Gasteiger partial charge in [0.1, 0.15) is 72.9 Å². The van der Waals surface area contributed by atoms with Crippen molar-refractivity contribution in [3.63, 3.8) is 0 Å². The van der Waals surface area contributed by atoms with E-state index in [0.29, 0.717) is 55.6 Å². The number of hydrogen-bond acceptors (Lipinski definition) is 20. The van der Waals surface area contributed by atoms with Crippen molar-refractivity contribution in [1.82, 2.24) is 52.8 Å². The summed E-state index contributed by atoms with van der Waals surface area (Å²) in [5.41, 5.74) is 18.3. The number of carboxylic acids is 2. The van der Waals surface area contributed by atoms with Gasteiger partial charge in [-0.2, -0.15) is 23.5 Å². The van der Waals surface area contributed by atoms with Crippen LogP contribution in [-0.4, -0.2) is 193 Å². The first-order chi connectivity index (χ1) is 43.8. The maximum atomic E-state index is 15.1. The van der Waals surface area contributed by atoms with Gasteiger partial charge in [-0.25, -0.2) is 0 Å². The fraction of sp³-hybridized carbons (Fsp3) is 0.638. The van der Waals surface area contributed by atoms with Crippen LogP contribution in [0.25, 0.3) is 0 Å². The Bertz CT molecular complexity index is 2830. The third-order valence-corrected chi connectivity index (χ3v) is 16.9. The van der Waals surface area contributed by atoms with Gasteiger partial charge in [-0.05, 0) is 107 Å². The molecule has 4 rings (SSSR count). The van der Waals surface area contributed by atoms with Crippen LogP contribution >= 0.6 is 23.5 Å². The second-order valence-corrected chi connectivity index (χ2v) is 24.8. The zero-order valence-electron chi connectivity index (χ0n) is 52.2. The van der Waals surface area contributed by atoms with Crippen molar-refractivity contribution in [2.45, 2.75) is 183 Å². The van der Waals surface area contributed by atoms with Crippen molar-refractivity contribution in [2.24, 2.45) is 28.3 Å². The molecule has 1 fully saturated rings. The molecule has 4 bridgehead atoms. The predicted octanol–water partition coefficient (Wildman–Crippen LogP) is -6.74. The van der Waals surface area contributed by atoms with Crippen LogP contribution in [0.15, 0.2) is 23.4 Å². The minimum atomic E-state index is -1.89. The number of rotatable bonds is 14. The standard InChI is InChI=1S/C58H89N15O17S2/c1-5-6-13-38-52(83)69-40(25-47(78)79)54(85)72-48(32(2)3)56(87)65-33(4)50(81)63-26-44(74)67-39(16-17-46(76)77)53(84)70-41(49(59)80)30-91-28-34-22-35-24-36(23-34)89-20-9-7-8-10-21-90-64-27-45(75)66-37(14-11-18-62-58(60)61)51(82)71-42(31-92-29-35)57(88)73-19-12-15-43(73)55(86)68-38/h22-24,27,32-33,37-43,48H,5-21,25-26,28-31H2,1-4H3,(H2,59,80)(H,63,81)(H,65,87)(H,66,75)(H,67,74)(H,68,86)(H,69,83)(H,70,84)(H,71,82)(H,72,85)(H,76,77)(H,78,79)(H4,60,61,62)/p-1/b64-27+/t33-,37-,38-,39-,40-,41-,42-,43-,48-/m0/s1. The molecule has 3 aliphatic rings. The molecule has 3 heterocycles. The highest BCUT2D eigenvalue weighted by Gasteiger charge is 2.40. The molecule has 0 saturated carbocycles. The van der Waals surface area contributed by atoms with Gasteiger partial charge in [0.25, 0.3) is 5.91 Å². The maximum absolute atomic E-state index is 15.1. The van der Waals surface area contributed by atoms with Crippen molar-refractivity contribution >= 4 is 113 Å². The summed E-state index contributed by atoms with van der Waals surface area (Å²) in [5, 5.41) is 49.8. The van der Waals surface area contributed by atoms with Crippen LogP contribution in [0.3, 0.4) is 0 Å². The molecule has 1 saturated heterocycles. The molecule has 3 aliphatic heterocycles. The summed E-state index contributed by atoms with van der Waals surface area (Å²) in [6, 6.07) is -7.53. The Labute approximate surface area is 541 Å². The van der Waals surface area contributed by atoms with Crippen molar-refractivity contribution in [1.29, 1.82) is 0 Å². The molecule has 34 heteroatoms. The molecule has 32 nitrogen and oxygen atoms in total. The number of unbranched alkanes of at least 4 members (excludes halogenated alkanes) is 1. The smallest absolute Gasteiger partial charge is 0.338 e. The van der Waals surface area contributed by atoms with E-state index in [-0.39, 0.29) is 74.4 Å². The molecule has 92 heavy (non-hydrogen) atoms. The largest absolute Gasteiger partial charge is 0.550 e. The van der Waals surface area contributed by atoms with Crippen LogP contribution in [0.5, 0.6) is 5.75 Å². The maximum Gasteiger partial charge on any atom is 0.338 e. The first-order valence-electron chi connectivity index (χ1n) is 30.6. The van der Waals surface area contributed by atoms with Crippen molar-refractivity contribution < 1.29 is 87.1 Å². The summed E-state index contributed by atoms with van der Waals surface area (Å²) < 4.78 is 6.23. The van der Waals surface area contributed by atoms with Gasteiger partial charge in [0.05, 0.1) is 19.7 Å². The molecule has 0 spiro atoms. The fourth-order valence-corrected chi connectivity index (χ4v) is 11.8. The molecule has 1 aromatic rings. The summed E-state index contributed by atoms with van der Waals surface area (Å²) in [7, 11) is 0. The van der Waals surface area contributed by atoms with Gasteiger partial charge in [0.15, 0.2) is 0 Å². The number of nitrogens with zero attached hydrogens (tertiary/aromatic N) is 2. The van der Waals surface area contributed by atoms with Gasteiger partial charge in [0, 0.05) is 47.9 Å². The van der Waals surface area contributed by atoms with Gasteiger partial charge in [0.2, 0.25) is 59.1 Å². The van der Waals surface area contributed by atoms with Crippen molar-refractivity contribution in [3.05, 3.63) is 29.3 Å². The zero-order valence-corrected chi connectivity index (χ0v) is 53.9. The SMILES string of the molecule is CCCC[C@@H]1NC(=O)[C@@H]2CCCN2C(=O)[C@@H]2CSCc3cc(cc(c3)OCCCCCCO/N=C/C(=O)N[C@@H](CCC[NH+]=C(N)N)C(=O)N2)CSC[C@@H](C(N)=O)NC(=O)[C@H](CCC(=O)[O-])NC(=O)CNC(=O)[C@H](C)NC(=O)[C@H](C(C)C)NC(=O)[C@H](CC(=O)[O-])NC1=O. The number of ether oxygens (including phenoxy) is 1. The average Bonchev–Trinajstić information content (AvgIpc) is 1.62. The molecule has 0 aromatic heterocycles. The minimum absolute atomic E-state index is 0.0125. The van der Waals surface area contributed by atoms with E-state index in [9.17, 15) is 67.7 Å². The number of aliphatic carboxylic acids is 2. The Balaban J connectivity index is 1.81. The summed E-state index contributed by atoms with van der Waals surface area (Å²) in [5.74, 6) is -13.5. The van der Waals surface area contributed by atoms with E-state index in [2.05, 4.69) is 58.0 Å². The zero-order chi connectivity index (χ0) is 67.9. The lowest BCUT2D eigenvalue weighted by molar-refractivity contribution is -0.459. The third-order valence-electron chi connectivity index (χ3n) is 14.7. The Morgan fingerprint density at radius 3 is 1.96 bits per heavy atom. The van der Waals surface area contributed by atoms with E-state index in [1.807, 2.05) is 13.0 Å². The highest BCUT2D eigenvalue weighted by Crippen LogP contribution is 2.27. The fourth-order valence-electron chi connectivity index (χ4n) is 9.80.